The molecule has 2 rings (SSSR count). The smallest absolute Gasteiger partial charge is 0.0392 e. The summed E-state index contributed by atoms with van der Waals surface area (Å²) in [5.41, 5.74) is 1.38. The highest BCUT2D eigenvalue weighted by atomic mass is 14.7. The third-order valence-electron chi connectivity index (χ3n) is 2.64. The van der Waals surface area contributed by atoms with Crippen LogP contribution in [0.3, 0.4) is 0 Å². The molecular formula is C10H15N. The molecule has 0 aromatic heterocycles. The molecule has 11 heavy (non-hydrogen) atoms. The molecule has 0 N–H and O–H groups in total. The minimum absolute atomic E-state index is 0.808. The zero-order chi connectivity index (χ0) is 7.52. The highest BCUT2D eigenvalue weighted by molar-refractivity contribution is 5.97. The van der Waals surface area contributed by atoms with E-state index < -0.39 is 0 Å². The van der Waals surface area contributed by atoms with E-state index in [0.717, 1.165) is 12.5 Å². The molecule has 0 aromatic rings. The molecule has 0 saturated heterocycles. The van der Waals surface area contributed by atoms with E-state index in [0.29, 0.717) is 0 Å². The Labute approximate surface area is 68.2 Å². The van der Waals surface area contributed by atoms with Gasteiger partial charge in [0.25, 0.3) is 0 Å². The van der Waals surface area contributed by atoms with Gasteiger partial charge in [-0.2, -0.15) is 0 Å². The second kappa shape index (κ2) is 3.21. The van der Waals surface area contributed by atoms with Crippen LogP contribution in [0, 0.1) is 5.92 Å². The number of aliphatic imine (C=N–C) groups is 1. The second-order valence-electron chi connectivity index (χ2n) is 3.48. The Hall–Kier alpha value is -0.590. The van der Waals surface area contributed by atoms with Gasteiger partial charge in [0, 0.05) is 18.2 Å². The molecule has 1 nitrogen and oxygen atoms in total. The summed E-state index contributed by atoms with van der Waals surface area (Å²) in [6.45, 7) is 1.07. The molecule has 0 spiro atoms. The van der Waals surface area contributed by atoms with Crippen LogP contribution in [0.25, 0.3) is 0 Å². The summed E-state index contributed by atoms with van der Waals surface area (Å²) in [4.78, 5) is 4.58. The topological polar surface area (TPSA) is 12.4 Å². The Morgan fingerprint density at radius 2 is 2.27 bits per heavy atom. The molecule has 1 aliphatic heterocycles. The Morgan fingerprint density at radius 1 is 1.27 bits per heavy atom. The van der Waals surface area contributed by atoms with Gasteiger partial charge < -0.3 is 0 Å². The molecule has 0 fully saturated rings. The molecule has 1 atom stereocenters. The average Bonchev–Trinajstić information content (AvgIpc) is 2.28. The highest BCUT2D eigenvalue weighted by Gasteiger charge is 2.17. The van der Waals surface area contributed by atoms with Crippen molar-refractivity contribution in [3.05, 3.63) is 12.2 Å². The third-order valence-corrected chi connectivity index (χ3v) is 2.64. The van der Waals surface area contributed by atoms with Gasteiger partial charge in [0.2, 0.25) is 0 Å². The SMILES string of the molecule is C1=CC2=NCCCCC2CC1. The largest absolute Gasteiger partial charge is 0.289 e. The molecule has 1 unspecified atom stereocenters. The number of rotatable bonds is 0. The number of nitrogens with zero attached hydrogens (tertiary/aromatic N) is 1. The minimum atomic E-state index is 0.808. The number of hydrogen-bond acceptors (Lipinski definition) is 1. The first-order chi connectivity index (χ1) is 5.47. The van der Waals surface area contributed by atoms with Crippen LogP contribution in [-0.4, -0.2) is 12.3 Å². The van der Waals surface area contributed by atoms with Crippen molar-refractivity contribution in [2.75, 3.05) is 6.54 Å². The summed E-state index contributed by atoms with van der Waals surface area (Å²) in [5, 5.41) is 0. The number of hydrogen-bond donors (Lipinski definition) is 0. The van der Waals surface area contributed by atoms with Gasteiger partial charge in [-0.25, -0.2) is 0 Å². The van der Waals surface area contributed by atoms with Gasteiger partial charge in [-0.15, -0.1) is 0 Å². The molecule has 0 amide bonds. The maximum Gasteiger partial charge on any atom is 0.0392 e. The van der Waals surface area contributed by atoms with E-state index in [1.807, 2.05) is 0 Å². The van der Waals surface area contributed by atoms with Crippen LogP contribution in [0.5, 0.6) is 0 Å². The van der Waals surface area contributed by atoms with Gasteiger partial charge in [-0.3, -0.25) is 4.99 Å². The van der Waals surface area contributed by atoms with E-state index in [4.69, 9.17) is 0 Å². The zero-order valence-corrected chi connectivity index (χ0v) is 6.92. The van der Waals surface area contributed by atoms with E-state index >= 15 is 0 Å². The van der Waals surface area contributed by atoms with Crippen molar-refractivity contribution in [2.24, 2.45) is 10.9 Å². The average molecular weight is 149 g/mol. The molecule has 1 heterocycles. The maximum atomic E-state index is 4.58. The van der Waals surface area contributed by atoms with Gasteiger partial charge in [0.1, 0.15) is 0 Å². The van der Waals surface area contributed by atoms with Crippen LogP contribution in [0.15, 0.2) is 17.1 Å². The monoisotopic (exact) mass is 149 g/mol. The van der Waals surface area contributed by atoms with E-state index in [1.54, 1.807) is 0 Å². The third kappa shape index (κ3) is 1.52. The van der Waals surface area contributed by atoms with Crippen molar-refractivity contribution >= 4 is 5.71 Å². The van der Waals surface area contributed by atoms with Gasteiger partial charge in [-0.1, -0.05) is 12.5 Å². The lowest BCUT2D eigenvalue weighted by Crippen LogP contribution is -2.14. The second-order valence-corrected chi connectivity index (χ2v) is 3.48. The lowest BCUT2D eigenvalue weighted by Gasteiger charge is -2.17. The standard InChI is InChI=1S/C10H15N/c1-2-7-10-9(5-1)6-3-4-8-11-10/h2,7,9H,1,3-6,8H2. The Balaban J connectivity index is 2.16. The fourth-order valence-electron chi connectivity index (χ4n) is 1.97. The van der Waals surface area contributed by atoms with Gasteiger partial charge in [0.15, 0.2) is 0 Å². The lowest BCUT2D eigenvalue weighted by atomic mass is 9.89. The fraction of sp³-hybridized carbons (Fsp3) is 0.700. The lowest BCUT2D eigenvalue weighted by molar-refractivity contribution is 0.555. The molecule has 60 valence electrons. The minimum Gasteiger partial charge on any atom is -0.289 e. The van der Waals surface area contributed by atoms with Crippen LogP contribution >= 0.6 is 0 Å². The van der Waals surface area contributed by atoms with Crippen molar-refractivity contribution in [3.63, 3.8) is 0 Å². The summed E-state index contributed by atoms with van der Waals surface area (Å²) < 4.78 is 0. The molecule has 0 bridgehead atoms. The molecule has 1 heteroatoms. The molecule has 2 aliphatic rings. The van der Waals surface area contributed by atoms with Crippen LogP contribution in [0.2, 0.25) is 0 Å². The quantitative estimate of drug-likeness (QED) is 0.502. The highest BCUT2D eigenvalue weighted by Crippen LogP contribution is 2.24. The molecule has 0 saturated carbocycles. The van der Waals surface area contributed by atoms with E-state index in [1.165, 1.54) is 37.8 Å². The summed E-state index contributed by atoms with van der Waals surface area (Å²) in [6, 6.07) is 0. The first-order valence-electron chi connectivity index (χ1n) is 4.68. The molecule has 0 aromatic carbocycles. The predicted molar refractivity (Wildman–Crippen MR) is 48.0 cm³/mol. The van der Waals surface area contributed by atoms with Crippen molar-refractivity contribution < 1.29 is 0 Å². The molecule has 0 radical (unpaired) electrons. The normalized spacial score (nSPS) is 30.5. The van der Waals surface area contributed by atoms with E-state index in [9.17, 15) is 0 Å². The Bertz CT molecular complexity index is 191. The fourth-order valence-corrected chi connectivity index (χ4v) is 1.97. The first-order valence-corrected chi connectivity index (χ1v) is 4.68. The van der Waals surface area contributed by atoms with Crippen molar-refractivity contribution in [1.29, 1.82) is 0 Å². The van der Waals surface area contributed by atoms with Crippen molar-refractivity contribution in [1.82, 2.24) is 0 Å². The van der Waals surface area contributed by atoms with Gasteiger partial charge >= 0.3 is 0 Å². The summed E-state index contributed by atoms with van der Waals surface area (Å²) in [6.07, 6.45) is 11.2. The Morgan fingerprint density at radius 3 is 3.27 bits per heavy atom. The van der Waals surface area contributed by atoms with Gasteiger partial charge in [0.05, 0.1) is 0 Å². The summed E-state index contributed by atoms with van der Waals surface area (Å²) in [5.74, 6) is 0.808. The summed E-state index contributed by atoms with van der Waals surface area (Å²) in [7, 11) is 0. The van der Waals surface area contributed by atoms with Crippen LogP contribution in [-0.2, 0) is 0 Å². The molecule has 1 aliphatic carbocycles. The van der Waals surface area contributed by atoms with E-state index in [2.05, 4.69) is 17.1 Å². The predicted octanol–water partition coefficient (Wildman–Crippen LogP) is 2.58. The van der Waals surface area contributed by atoms with E-state index in [-0.39, 0.29) is 0 Å². The number of fused-ring (bicyclic) bond motifs is 1. The van der Waals surface area contributed by atoms with Crippen LogP contribution in [0.1, 0.15) is 32.1 Å². The first kappa shape index (κ1) is 7.08. The van der Waals surface area contributed by atoms with Crippen molar-refractivity contribution in [2.45, 2.75) is 32.1 Å². The van der Waals surface area contributed by atoms with Gasteiger partial charge in [-0.05, 0) is 31.8 Å². The zero-order valence-electron chi connectivity index (χ0n) is 6.92. The Kier molecular flexibility index (Phi) is 2.06. The molecular weight excluding hydrogens is 134 g/mol. The van der Waals surface area contributed by atoms with Crippen LogP contribution in [0.4, 0.5) is 0 Å². The number of allylic oxidation sites excluding steroid dienone is 2. The summed E-state index contributed by atoms with van der Waals surface area (Å²) >= 11 is 0. The van der Waals surface area contributed by atoms with Crippen molar-refractivity contribution in [3.8, 4) is 0 Å². The van der Waals surface area contributed by atoms with Crippen LogP contribution < -0.4 is 0 Å². The maximum absolute atomic E-state index is 4.58.